The van der Waals surface area contributed by atoms with Gasteiger partial charge in [0.25, 0.3) is 5.91 Å². The number of nitrogens with zero attached hydrogens (tertiary/aromatic N) is 1. The van der Waals surface area contributed by atoms with Crippen LogP contribution in [0.2, 0.25) is 0 Å². The first kappa shape index (κ1) is 14.5. The molecule has 0 aliphatic carbocycles. The summed E-state index contributed by atoms with van der Waals surface area (Å²) in [5, 5.41) is 2.75. The van der Waals surface area contributed by atoms with E-state index in [-0.39, 0.29) is 18.2 Å². The summed E-state index contributed by atoms with van der Waals surface area (Å²) in [7, 11) is 0. The molecule has 0 atom stereocenters. The van der Waals surface area contributed by atoms with Crippen LogP contribution < -0.4 is 11.1 Å². The van der Waals surface area contributed by atoms with E-state index in [0.717, 1.165) is 25.9 Å². The van der Waals surface area contributed by atoms with Crippen molar-refractivity contribution in [3.05, 3.63) is 29.8 Å². The maximum absolute atomic E-state index is 12.4. The standard InChI is InChI=1S/C15H21N3O2/c16-8-7-14(19)17-13-6-4-5-12(11-13)15(20)18-9-2-1-3-10-18/h4-6,11H,1-3,7-10,16H2,(H,17,19). The fourth-order valence-electron chi connectivity index (χ4n) is 2.36. The molecule has 0 bridgehead atoms. The molecule has 0 saturated carbocycles. The van der Waals surface area contributed by atoms with Crippen LogP contribution in [-0.4, -0.2) is 36.3 Å². The van der Waals surface area contributed by atoms with Gasteiger partial charge in [0.15, 0.2) is 0 Å². The van der Waals surface area contributed by atoms with Gasteiger partial charge in [-0.25, -0.2) is 0 Å². The van der Waals surface area contributed by atoms with E-state index >= 15 is 0 Å². The Hall–Kier alpha value is -1.88. The third-order valence-corrected chi connectivity index (χ3v) is 3.41. The summed E-state index contributed by atoms with van der Waals surface area (Å²) >= 11 is 0. The van der Waals surface area contributed by atoms with Crippen LogP contribution >= 0.6 is 0 Å². The summed E-state index contributed by atoms with van der Waals surface area (Å²) in [5.41, 5.74) is 6.60. The van der Waals surface area contributed by atoms with Gasteiger partial charge < -0.3 is 16.0 Å². The topological polar surface area (TPSA) is 75.4 Å². The molecule has 1 fully saturated rings. The number of hydrogen-bond acceptors (Lipinski definition) is 3. The Bertz CT molecular complexity index is 482. The molecule has 2 rings (SSSR count). The average molecular weight is 275 g/mol. The van der Waals surface area contributed by atoms with Crippen LogP contribution in [0.25, 0.3) is 0 Å². The second-order valence-electron chi connectivity index (χ2n) is 5.02. The number of amides is 2. The highest BCUT2D eigenvalue weighted by molar-refractivity contribution is 5.97. The van der Waals surface area contributed by atoms with Crippen molar-refractivity contribution >= 4 is 17.5 Å². The van der Waals surface area contributed by atoms with Crippen LogP contribution in [0.1, 0.15) is 36.0 Å². The number of piperidine rings is 1. The Labute approximate surface area is 119 Å². The van der Waals surface area contributed by atoms with Gasteiger partial charge in [-0.15, -0.1) is 0 Å². The van der Waals surface area contributed by atoms with Crippen molar-refractivity contribution < 1.29 is 9.59 Å². The minimum absolute atomic E-state index is 0.0413. The molecular weight excluding hydrogens is 254 g/mol. The van der Waals surface area contributed by atoms with Crippen LogP contribution in [0.3, 0.4) is 0 Å². The first-order valence-electron chi connectivity index (χ1n) is 7.10. The lowest BCUT2D eigenvalue weighted by Crippen LogP contribution is -2.35. The van der Waals surface area contributed by atoms with Crippen molar-refractivity contribution in [3.8, 4) is 0 Å². The fraction of sp³-hybridized carbons (Fsp3) is 0.467. The molecule has 0 aromatic heterocycles. The van der Waals surface area contributed by atoms with Crippen LogP contribution in [0, 0.1) is 0 Å². The minimum atomic E-state index is -0.130. The Morgan fingerprint density at radius 2 is 1.95 bits per heavy atom. The van der Waals surface area contributed by atoms with Gasteiger partial charge in [0.05, 0.1) is 0 Å². The monoisotopic (exact) mass is 275 g/mol. The van der Waals surface area contributed by atoms with E-state index in [1.165, 1.54) is 6.42 Å². The minimum Gasteiger partial charge on any atom is -0.339 e. The smallest absolute Gasteiger partial charge is 0.253 e. The number of nitrogens with one attached hydrogen (secondary N) is 1. The van der Waals surface area contributed by atoms with E-state index in [1.807, 2.05) is 4.90 Å². The quantitative estimate of drug-likeness (QED) is 0.876. The maximum atomic E-state index is 12.4. The fourth-order valence-corrected chi connectivity index (χ4v) is 2.36. The summed E-state index contributed by atoms with van der Waals surface area (Å²) in [6.45, 7) is 1.96. The second kappa shape index (κ2) is 7.05. The largest absolute Gasteiger partial charge is 0.339 e. The van der Waals surface area contributed by atoms with Crippen LogP contribution in [-0.2, 0) is 4.79 Å². The van der Waals surface area contributed by atoms with E-state index in [1.54, 1.807) is 24.3 Å². The highest BCUT2D eigenvalue weighted by Crippen LogP contribution is 2.16. The molecular formula is C15H21N3O2. The second-order valence-corrected chi connectivity index (χ2v) is 5.02. The molecule has 1 saturated heterocycles. The van der Waals surface area contributed by atoms with Gasteiger partial charge in [0.1, 0.15) is 0 Å². The van der Waals surface area contributed by atoms with E-state index in [9.17, 15) is 9.59 Å². The lowest BCUT2D eigenvalue weighted by Gasteiger charge is -2.26. The highest BCUT2D eigenvalue weighted by atomic mass is 16.2. The van der Waals surface area contributed by atoms with Gasteiger partial charge >= 0.3 is 0 Å². The third kappa shape index (κ3) is 3.81. The molecule has 1 heterocycles. The van der Waals surface area contributed by atoms with Gasteiger partial charge in [0, 0.05) is 37.3 Å². The average Bonchev–Trinajstić information content (AvgIpc) is 2.48. The Morgan fingerprint density at radius 1 is 1.20 bits per heavy atom. The zero-order valence-electron chi connectivity index (χ0n) is 11.6. The van der Waals surface area contributed by atoms with Gasteiger partial charge in [-0.1, -0.05) is 6.07 Å². The summed E-state index contributed by atoms with van der Waals surface area (Å²) in [4.78, 5) is 25.7. The zero-order chi connectivity index (χ0) is 14.4. The first-order valence-corrected chi connectivity index (χ1v) is 7.10. The molecule has 2 amide bonds. The van der Waals surface area contributed by atoms with Crippen LogP contribution in [0.5, 0.6) is 0 Å². The Morgan fingerprint density at radius 3 is 2.65 bits per heavy atom. The van der Waals surface area contributed by atoms with Crippen molar-refractivity contribution in [1.82, 2.24) is 4.90 Å². The van der Waals surface area contributed by atoms with Crippen molar-refractivity contribution in [1.29, 1.82) is 0 Å². The predicted molar refractivity (Wildman–Crippen MR) is 78.5 cm³/mol. The van der Waals surface area contributed by atoms with E-state index in [2.05, 4.69) is 5.32 Å². The summed E-state index contributed by atoms with van der Waals surface area (Å²) < 4.78 is 0. The molecule has 0 spiro atoms. The molecule has 1 aromatic carbocycles. The van der Waals surface area contributed by atoms with Crippen molar-refractivity contribution in [2.75, 3.05) is 25.0 Å². The number of carbonyl (C=O) groups is 2. The number of likely N-dealkylation sites (tertiary alicyclic amines) is 1. The zero-order valence-corrected chi connectivity index (χ0v) is 11.6. The molecule has 20 heavy (non-hydrogen) atoms. The lowest BCUT2D eigenvalue weighted by atomic mass is 10.1. The van der Waals surface area contributed by atoms with Gasteiger partial charge in [0.2, 0.25) is 5.91 Å². The molecule has 0 radical (unpaired) electrons. The number of benzene rings is 1. The molecule has 5 heteroatoms. The normalized spacial score (nSPS) is 14.9. The van der Waals surface area contributed by atoms with Crippen molar-refractivity contribution in [3.63, 3.8) is 0 Å². The highest BCUT2D eigenvalue weighted by Gasteiger charge is 2.18. The summed E-state index contributed by atoms with van der Waals surface area (Å²) in [6.07, 6.45) is 3.61. The Kier molecular flexibility index (Phi) is 5.12. The van der Waals surface area contributed by atoms with E-state index < -0.39 is 0 Å². The molecule has 0 unspecified atom stereocenters. The summed E-state index contributed by atoms with van der Waals surface area (Å²) in [5.74, 6) is -0.0882. The van der Waals surface area contributed by atoms with Gasteiger partial charge in [-0.05, 0) is 37.5 Å². The van der Waals surface area contributed by atoms with Gasteiger partial charge in [-0.3, -0.25) is 9.59 Å². The maximum Gasteiger partial charge on any atom is 0.253 e. The van der Waals surface area contributed by atoms with Crippen molar-refractivity contribution in [2.45, 2.75) is 25.7 Å². The lowest BCUT2D eigenvalue weighted by molar-refractivity contribution is -0.116. The number of rotatable bonds is 4. The predicted octanol–water partition coefficient (Wildman–Crippen LogP) is 1.60. The van der Waals surface area contributed by atoms with Crippen molar-refractivity contribution in [2.24, 2.45) is 5.73 Å². The Balaban J connectivity index is 2.04. The van der Waals surface area contributed by atoms with E-state index in [4.69, 9.17) is 5.73 Å². The number of carbonyl (C=O) groups excluding carboxylic acids is 2. The molecule has 1 aromatic rings. The number of anilines is 1. The van der Waals surface area contributed by atoms with E-state index in [0.29, 0.717) is 17.8 Å². The number of nitrogens with two attached hydrogens (primary N) is 1. The van der Waals surface area contributed by atoms with Gasteiger partial charge in [-0.2, -0.15) is 0 Å². The summed E-state index contributed by atoms with van der Waals surface area (Å²) in [6, 6.07) is 7.08. The third-order valence-electron chi connectivity index (χ3n) is 3.41. The molecule has 1 aliphatic heterocycles. The SMILES string of the molecule is NCCC(=O)Nc1cccc(C(=O)N2CCCCC2)c1. The molecule has 5 nitrogen and oxygen atoms in total. The first-order chi connectivity index (χ1) is 9.70. The molecule has 108 valence electrons. The molecule has 1 aliphatic rings. The van der Waals surface area contributed by atoms with Crippen LogP contribution in [0.15, 0.2) is 24.3 Å². The molecule has 3 N–H and O–H groups in total. The van der Waals surface area contributed by atoms with Crippen LogP contribution in [0.4, 0.5) is 5.69 Å². The number of hydrogen-bond donors (Lipinski definition) is 2.